The largest absolute Gasteiger partial charge is 0.396 e. The Morgan fingerprint density at radius 2 is 1.79 bits per heavy atom. The van der Waals surface area contributed by atoms with Gasteiger partial charge in [-0.05, 0) is 117 Å². The molecule has 2 N–H and O–H groups in total. The lowest BCUT2D eigenvalue weighted by Crippen LogP contribution is -2.51. The van der Waals surface area contributed by atoms with E-state index in [9.17, 15) is 10.2 Å². The van der Waals surface area contributed by atoms with Gasteiger partial charge in [0.05, 0.1) is 18.3 Å². The van der Waals surface area contributed by atoms with Gasteiger partial charge in [-0.1, -0.05) is 13.8 Å². The minimum Gasteiger partial charge on any atom is -0.396 e. The first-order valence-electron chi connectivity index (χ1n) is 12.4. The molecule has 0 aromatic heterocycles. The molecule has 5 aliphatic rings. The number of ether oxygens (including phenoxy) is 1. The van der Waals surface area contributed by atoms with E-state index >= 15 is 0 Å². The van der Waals surface area contributed by atoms with E-state index in [0.29, 0.717) is 30.1 Å². The third-order valence-electron chi connectivity index (χ3n) is 10.4. The monoisotopic (exact) mass is 390 g/mol. The Kier molecular flexibility index (Phi) is 5.33. The van der Waals surface area contributed by atoms with Crippen molar-refractivity contribution in [2.24, 2.45) is 46.8 Å². The van der Waals surface area contributed by atoms with Crippen molar-refractivity contribution in [3.63, 3.8) is 0 Å². The summed E-state index contributed by atoms with van der Waals surface area (Å²) >= 11 is 0. The molecule has 11 atom stereocenters. The smallest absolute Gasteiger partial charge is 0.0613 e. The van der Waals surface area contributed by atoms with Crippen molar-refractivity contribution in [2.45, 2.75) is 103 Å². The van der Waals surface area contributed by atoms with Crippen LogP contribution in [-0.2, 0) is 4.74 Å². The lowest BCUT2D eigenvalue weighted by atomic mass is 9.47. The molecule has 3 nitrogen and oxygen atoms in total. The van der Waals surface area contributed by atoms with Crippen LogP contribution in [0.25, 0.3) is 0 Å². The molecular weight excluding hydrogens is 348 g/mol. The molecule has 28 heavy (non-hydrogen) atoms. The number of hydrogen-bond donors (Lipinski definition) is 2. The Balaban J connectivity index is 1.24. The third kappa shape index (κ3) is 3.19. The number of hydrogen-bond acceptors (Lipinski definition) is 3. The van der Waals surface area contributed by atoms with Crippen molar-refractivity contribution >= 4 is 0 Å². The van der Waals surface area contributed by atoms with Crippen LogP contribution >= 0.6 is 0 Å². The maximum absolute atomic E-state index is 10.2. The van der Waals surface area contributed by atoms with Crippen LogP contribution in [-0.4, -0.2) is 35.1 Å². The van der Waals surface area contributed by atoms with Gasteiger partial charge in [0.25, 0.3) is 0 Å². The average molecular weight is 391 g/mol. The fraction of sp³-hybridized carbons (Fsp3) is 1.00. The predicted octanol–water partition coefficient (Wildman–Crippen LogP) is 4.79. The van der Waals surface area contributed by atoms with E-state index in [0.717, 1.165) is 61.2 Å². The zero-order valence-corrected chi connectivity index (χ0v) is 18.1. The summed E-state index contributed by atoms with van der Waals surface area (Å²) in [6.45, 7) is 5.05. The molecule has 0 bridgehead atoms. The second-order valence-electron chi connectivity index (χ2n) is 11.7. The van der Waals surface area contributed by atoms with E-state index in [4.69, 9.17) is 4.74 Å². The summed E-state index contributed by atoms with van der Waals surface area (Å²) in [5.74, 6) is 5.66. The number of fused-ring (bicyclic) bond motifs is 7. The van der Waals surface area contributed by atoms with Gasteiger partial charge in [0, 0.05) is 6.61 Å². The SMILES string of the molecule is C[C@@H](CO)CC[C@@H]1CC2C(CC3[C@@H]2CCC2[C@H]3CCC3C[C@@H](O)CC[C@@]32C)O1. The molecule has 1 aliphatic heterocycles. The summed E-state index contributed by atoms with van der Waals surface area (Å²) in [5.41, 5.74) is 0.495. The Labute approximate surface area is 171 Å². The van der Waals surface area contributed by atoms with E-state index in [-0.39, 0.29) is 6.10 Å². The summed E-state index contributed by atoms with van der Waals surface area (Å²) in [5, 5.41) is 19.5. The molecule has 0 spiro atoms. The van der Waals surface area contributed by atoms with Crippen molar-refractivity contribution in [2.75, 3.05) is 6.61 Å². The zero-order chi connectivity index (χ0) is 19.5. The lowest BCUT2D eigenvalue weighted by Gasteiger charge is -2.58. The highest BCUT2D eigenvalue weighted by Gasteiger charge is 2.59. The second kappa shape index (κ2) is 7.54. The standard InChI is InChI=1S/C25H42O3/c1-15(14-26)3-5-18-12-22-19-7-8-23-20(21(19)13-24(22)28-18)6-4-16-11-17(27)9-10-25(16,23)2/h15-24,26-27H,3-14H2,1-2H3/t15-,16?,17+,18-,19+,20+,21?,22?,23?,24?,25+/m1/s1. The Morgan fingerprint density at radius 1 is 0.964 bits per heavy atom. The van der Waals surface area contributed by atoms with Gasteiger partial charge in [-0.25, -0.2) is 0 Å². The first kappa shape index (κ1) is 19.8. The quantitative estimate of drug-likeness (QED) is 0.725. The molecule has 1 heterocycles. The summed E-state index contributed by atoms with van der Waals surface area (Å²) in [7, 11) is 0. The van der Waals surface area contributed by atoms with Gasteiger partial charge in [0.2, 0.25) is 0 Å². The van der Waals surface area contributed by atoms with Crippen molar-refractivity contribution in [3.05, 3.63) is 0 Å². The lowest BCUT2D eigenvalue weighted by molar-refractivity contribution is -0.109. The number of aliphatic hydroxyl groups is 2. The number of aliphatic hydroxyl groups excluding tert-OH is 2. The van der Waals surface area contributed by atoms with Gasteiger partial charge < -0.3 is 14.9 Å². The molecule has 5 rings (SSSR count). The van der Waals surface area contributed by atoms with Gasteiger partial charge in [-0.15, -0.1) is 0 Å². The fourth-order valence-corrected chi connectivity index (χ4v) is 8.81. The minimum atomic E-state index is -0.0318. The Morgan fingerprint density at radius 3 is 2.61 bits per heavy atom. The molecule has 5 unspecified atom stereocenters. The van der Waals surface area contributed by atoms with Gasteiger partial charge in [-0.2, -0.15) is 0 Å². The van der Waals surface area contributed by atoms with Crippen LogP contribution in [0.3, 0.4) is 0 Å². The van der Waals surface area contributed by atoms with E-state index in [2.05, 4.69) is 13.8 Å². The molecule has 4 aliphatic carbocycles. The summed E-state index contributed by atoms with van der Waals surface area (Å²) in [6.07, 6.45) is 14.8. The highest BCUT2D eigenvalue weighted by atomic mass is 16.5. The van der Waals surface area contributed by atoms with Crippen molar-refractivity contribution in [3.8, 4) is 0 Å². The maximum Gasteiger partial charge on any atom is 0.0613 e. The van der Waals surface area contributed by atoms with E-state index in [1.54, 1.807) is 0 Å². The summed E-state index contributed by atoms with van der Waals surface area (Å²) in [4.78, 5) is 0. The highest BCUT2D eigenvalue weighted by Crippen LogP contribution is 2.65. The maximum atomic E-state index is 10.2. The first-order valence-corrected chi connectivity index (χ1v) is 12.4. The Hall–Kier alpha value is -0.120. The molecule has 1 saturated heterocycles. The molecule has 4 saturated carbocycles. The predicted molar refractivity (Wildman–Crippen MR) is 111 cm³/mol. The second-order valence-corrected chi connectivity index (χ2v) is 11.7. The normalized spacial score (nSPS) is 53.8. The first-order chi connectivity index (χ1) is 13.5. The molecule has 160 valence electrons. The fourth-order valence-electron chi connectivity index (χ4n) is 8.81. The highest BCUT2D eigenvalue weighted by molar-refractivity contribution is 5.08. The molecule has 0 aromatic rings. The van der Waals surface area contributed by atoms with Gasteiger partial charge in [0.1, 0.15) is 0 Å². The third-order valence-corrected chi connectivity index (χ3v) is 10.4. The molecular formula is C25H42O3. The van der Waals surface area contributed by atoms with Crippen LogP contribution in [0.4, 0.5) is 0 Å². The molecule has 0 aromatic carbocycles. The Bertz CT molecular complexity index is 564. The molecule has 0 radical (unpaired) electrons. The van der Waals surface area contributed by atoms with Gasteiger partial charge >= 0.3 is 0 Å². The van der Waals surface area contributed by atoms with Crippen LogP contribution in [0.15, 0.2) is 0 Å². The van der Waals surface area contributed by atoms with Crippen molar-refractivity contribution < 1.29 is 14.9 Å². The van der Waals surface area contributed by atoms with E-state index in [1.807, 2.05) is 0 Å². The summed E-state index contributed by atoms with van der Waals surface area (Å²) in [6, 6.07) is 0. The topological polar surface area (TPSA) is 49.7 Å². The van der Waals surface area contributed by atoms with Crippen LogP contribution in [0.1, 0.15) is 84.5 Å². The molecule has 3 heteroatoms. The average Bonchev–Trinajstić information content (AvgIpc) is 3.24. The van der Waals surface area contributed by atoms with E-state index < -0.39 is 0 Å². The van der Waals surface area contributed by atoms with Crippen molar-refractivity contribution in [1.29, 1.82) is 0 Å². The van der Waals surface area contributed by atoms with Crippen LogP contribution in [0.5, 0.6) is 0 Å². The number of rotatable bonds is 4. The minimum absolute atomic E-state index is 0.0318. The van der Waals surface area contributed by atoms with Crippen LogP contribution in [0.2, 0.25) is 0 Å². The van der Waals surface area contributed by atoms with Crippen LogP contribution in [0, 0.1) is 46.8 Å². The van der Waals surface area contributed by atoms with Gasteiger partial charge in [0.15, 0.2) is 0 Å². The van der Waals surface area contributed by atoms with Gasteiger partial charge in [-0.3, -0.25) is 0 Å². The van der Waals surface area contributed by atoms with Crippen LogP contribution < -0.4 is 0 Å². The molecule has 0 amide bonds. The molecule has 5 fully saturated rings. The summed E-state index contributed by atoms with van der Waals surface area (Å²) < 4.78 is 6.58. The zero-order valence-electron chi connectivity index (χ0n) is 18.1. The van der Waals surface area contributed by atoms with E-state index in [1.165, 1.54) is 44.9 Å². The van der Waals surface area contributed by atoms with Crippen molar-refractivity contribution in [1.82, 2.24) is 0 Å².